The van der Waals surface area contributed by atoms with Crippen molar-refractivity contribution in [3.63, 3.8) is 0 Å². The molecule has 1 N–H and O–H groups in total. The third-order valence-electron chi connectivity index (χ3n) is 2.53. The number of aliphatic carboxylic acids is 1. The smallest absolute Gasteiger partial charge is 0.307 e. The van der Waals surface area contributed by atoms with Crippen molar-refractivity contribution in [2.24, 2.45) is 17.3 Å². The number of carboxylic acids is 1. The zero-order valence-electron chi connectivity index (χ0n) is 6.92. The van der Waals surface area contributed by atoms with Crippen molar-refractivity contribution in [3.05, 3.63) is 0 Å². The summed E-state index contributed by atoms with van der Waals surface area (Å²) in [5, 5.41) is 8.66. The van der Waals surface area contributed by atoms with Crippen molar-refractivity contribution in [2.75, 3.05) is 0 Å². The number of ketones is 1. The van der Waals surface area contributed by atoms with Gasteiger partial charge in [0.2, 0.25) is 0 Å². The molecule has 2 atom stereocenters. The van der Waals surface area contributed by atoms with Crippen molar-refractivity contribution >= 4 is 11.8 Å². The molecule has 0 radical (unpaired) electrons. The summed E-state index contributed by atoms with van der Waals surface area (Å²) in [5.41, 5.74) is -0.322. The number of hydrogen-bond acceptors (Lipinski definition) is 2. The minimum Gasteiger partial charge on any atom is -0.481 e. The van der Waals surface area contributed by atoms with Gasteiger partial charge in [0, 0.05) is 5.92 Å². The maximum atomic E-state index is 10.9. The second-order valence-corrected chi connectivity index (χ2v) is 3.73. The van der Waals surface area contributed by atoms with E-state index in [1.165, 1.54) is 6.92 Å². The molecule has 11 heavy (non-hydrogen) atoms. The molecule has 0 bridgehead atoms. The average molecular weight is 156 g/mol. The van der Waals surface area contributed by atoms with E-state index in [4.69, 9.17) is 5.11 Å². The van der Waals surface area contributed by atoms with Gasteiger partial charge >= 0.3 is 5.97 Å². The number of carbonyl (C=O) groups is 2. The molecular weight excluding hydrogens is 144 g/mol. The lowest BCUT2D eigenvalue weighted by molar-refractivity contribution is -0.140. The fourth-order valence-electron chi connectivity index (χ4n) is 1.86. The molecule has 1 saturated carbocycles. The van der Waals surface area contributed by atoms with Crippen LogP contribution in [0, 0.1) is 17.3 Å². The zero-order chi connectivity index (χ0) is 8.81. The van der Waals surface area contributed by atoms with Crippen LogP contribution in [-0.4, -0.2) is 16.9 Å². The van der Waals surface area contributed by atoms with Crippen LogP contribution >= 0.6 is 0 Å². The largest absolute Gasteiger partial charge is 0.481 e. The van der Waals surface area contributed by atoms with E-state index < -0.39 is 11.9 Å². The molecule has 0 heterocycles. The molecule has 0 aromatic heterocycles. The Bertz CT molecular complexity index is 195. The summed E-state index contributed by atoms with van der Waals surface area (Å²) in [4.78, 5) is 21.4. The molecular formula is C8H12O3. The molecule has 62 valence electrons. The van der Waals surface area contributed by atoms with Gasteiger partial charge in [-0.25, -0.2) is 0 Å². The maximum absolute atomic E-state index is 10.9. The molecule has 1 aliphatic rings. The van der Waals surface area contributed by atoms with E-state index in [0.717, 1.165) is 0 Å². The quantitative estimate of drug-likeness (QED) is 0.647. The summed E-state index contributed by atoms with van der Waals surface area (Å²) in [6.45, 7) is 5.09. The Labute approximate surface area is 65.4 Å². The SMILES string of the molecule is CC(=O)C1C(C(=O)O)C1(C)C. The lowest BCUT2D eigenvalue weighted by Gasteiger charge is -1.96. The van der Waals surface area contributed by atoms with Gasteiger partial charge in [0.25, 0.3) is 0 Å². The number of carboxylic acid groups (broad SMARTS) is 1. The molecule has 1 aliphatic carbocycles. The molecule has 0 aromatic carbocycles. The Morgan fingerprint density at radius 2 is 1.73 bits per heavy atom. The lowest BCUT2D eigenvalue weighted by atomic mass is 10.1. The highest BCUT2D eigenvalue weighted by molar-refractivity contribution is 5.91. The first kappa shape index (κ1) is 8.24. The summed E-state index contributed by atoms with van der Waals surface area (Å²) in [6.07, 6.45) is 0. The van der Waals surface area contributed by atoms with E-state index in [1.54, 1.807) is 0 Å². The predicted molar refractivity (Wildman–Crippen MR) is 39.1 cm³/mol. The van der Waals surface area contributed by atoms with Gasteiger partial charge in [0.1, 0.15) is 5.78 Å². The van der Waals surface area contributed by atoms with Crippen LogP contribution in [0.3, 0.4) is 0 Å². The van der Waals surface area contributed by atoms with Crippen LogP contribution in [0.25, 0.3) is 0 Å². The van der Waals surface area contributed by atoms with Crippen LogP contribution in [0.1, 0.15) is 20.8 Å². The second-order valence-electron chi connectivity index (χ2n) is 3.73. The van der Waals surface area contributed by atoms with Crippen LogP contribution in [0.4, 0.5) is 0 Å². The van der Waals surface area contributed by atoms with Gasteiger partial charge in [-0.2, -0.15) is 0 Å². The Kier molecular flexibility index (Phi) is 1.54. The highest BCUT2D eigenvalue weighted by Gasteiger charge is 2.64. The first-order valence-corrected chi connectivity index (χ1v) is 3.62. The predicted octanol–water partition coefficient (Wildman–Crippen LogP) is 0.932. The molecule has 0 aromatic rings. The van der Waals surface area contributed by atoms with Crippen LogP contribution in [-0.2, 0) is 9.59 Å². The van der Waals surface area contributed by atoms with Gasteiger partial charge < -0.3 is 5.11 Å². The summed E-state index contributed by atoms with van der Waals surface area (Å²) in [5.74, 6) is -1.59. The van der Waals surface area contributed by atoms with Gasteiger partial charge in [-0.15, -0.1) is 0 Å². The third kappa shape index (κ3) is 1.04. The molecule has 3 nitrogen and oxygen atoms in total. The van der Waals surface area contributed by atoms with Crippen LogP contribution in [0.15, 0.2) is 0 Å². The van der Waals surface area contributed by atoms with Gasteiger partial charge in [-0.3, -0.25) is 9.59 Å². The van der Waals surface area contributed by atoms with E-state index in [0.29, 0.717) is 0 Å². The molecule has 0 spiro atoms. The lowest BCUT2D eigenvalue weighted by Crippen LogP contribution is -2.04. The molecule has 1 rings (SSSR count). The van der Waals surface area contributed by atoms with E-state index >= 15 is 0 Å². The molecule has 0 amide bonds. The Balaban J connectivity index is 2.76. The fraction of sp³-hybridized carbons (Fsp3) is 0.750. The Morgan fingerprint density at radius 1 is 1.27 bits per heavy atom. The fourth-order valence-corrected chi connectivity index (χ4v) is 1.86. The first-order valence-electron chi connectivity index (χ1n) is 3.62. The minimum atomic E-state index is -0.852. The van der Waals surface area contributed by atoms with Crippen LogP contribution < -0.4 is 0 Å². The molecule has 0 saturated heterocycles. The zero-order valence-corrected chi connectivity index (χ0v) is 6.92. The monoisotopic (exact) mass is 156 g/mol. The highest BCUT2D eigenvalue weighted by atomic mass is 16.4. The van der Waals surface area contributed by atoms with Gasteiger partial charge in [0.05, 0.1) is 5.92 Å². The second kappa shape index (κ2) is 2.06. The molecule has 2 unspecified atom stereocenters. The van der Waals surface area contributed by atoms with Crippen LogP contribution in [0.2, 0.25) is 0 Å². The van der Waals surface area contributed by atoms with Crippen molar-refractivity contribution in [3.8, 4) is 0 Å². The highest BCUT2D eigenvalue weighted by Crippen LogP contribution is 2.58. The summed E-state index contributed by atoms with van der Waals surface area (Å²) < 4.78 is 0. The first-order chi connectivity index (χ1) is 4.89. The van der Waals surface area contributed by atoms with Gasteiger partial charge in [0.15, 0.2) is 0 Å². The minimum absolute atomic E-state index is 0.0117. The third-order valence-corrected chi connectivity index (χ3v) is 2.53. The number of Topliss-reactive ketones (excluding diaryl/α,β-unsaturated/α-hetero) is 1. The van der Waals surface area contributed by atoms with Crippen molar-refractivity contribution in [1.82, 2.24) is 0 Å². The normalized spacial score (nSPS) is 33.0. The number of rotatable bonds is 2. The van der Waals surface area contributed by atoms with E-state index in [2.05, 4.69) is 0 Å². The van der Waals surface area contributed by atoms with E-state index in [-0.39, 0.29) is 17.1 Å². The van der Waals surface area contributed by atoms with Gasteiger partial charge in [-0.05, 0) is 12.3 Å². The Hall–Kier alpha value is -0.860. The van der Waals surface area contributed by atoms with Crippen molar-refractivity contribution < 1.29 is 14.7 Å². The summed E-state index contributed by atoms with van der Waals surface area (Å²) >= 11 is 0. The van der Waals surface area contributed by atoms with Gasteiger partial charge in [-0.1, -0.05) is 13.8 Å². The average Bonchev–Trinajstić information content (AvgIpc) is 2.33. The van der Waals surface area contributed by atoms with E-state index in [9.17, 15) is 9.59 Å². The number of carbonyl (C=O) groups excluding carboxylic acids is 1. The van der Waals surface area contributed by atoms with Crippen LogP contribution in [0.5, 0.6) is 0 Å². The summed E-state index contributed by atoms with van der Waals surface area (Å²) in [7, 11) is 0. The Morgan fingerprint density at radius 3 is 1.82 bits per heavy atom. The van der Waals surface area contributed by atoms with Crippen molar-refractivity contribution in [2.45, 2.75) is 20.8 Å². The number of hydrogen-bond donors (Lipinski definition) is 1. The standard InChI is InChI=1S/C8H12O3/c1-4(9)5-6(7(10)11)8(5,2)3/h5-6H,1-3H3,(H,10,11). The van der Waals surface area contributed by atoms with E-state index in [1.807, 2.05) is 13.8 Å². The summed E-state index contributed by atoms with van der Waals surface area (Å²) in [6, 6.07) is 0. The molecule has 3 heteroatoms. The van der Waals surface area contributed by atoms with Crippen molar-refractivity contribution in [1.29, 1.82) is 0 Å². The molecule has 1 fully saturated rings. The topological polar surface area (TPSA) is 54.4 Å². The maximum Gasteiger partial charge on any atom is 0.307 e. The molecule has 0 aliphatic heterocycles.